The van der Waals surface area contributed by atoms with Crippen LogP contribution in [0.15, 0.2) is 0 Å². The second-order valence-corrected chi connectivity index (χ2v) is 5.67. The minimum absolute atomic E-state index is 0.101. The van der Waals surface area contributed by atoms with Crippen molar-refractivity contribution in [1.29, 1.82) is 0 Å². The van der Waals surface area contributed by atoms with Crippen molar-refractivity contribution in [2.75, 3.05) is 25.1 Å². The quantitative estimate of drug-likeness (QED) is 0.572. The maximum Gasteiger partial charge on any atom is 0.224 e. The van der Waals surface area contributed by atoms with Gasteiger partial charge in [-0.25, -0.2) is 8.42 Å². The van der Waals surface area contributed by atoms with Crippen molar-refractivity contribution in [3.8, 4) is 0 Å². The fourth-order valence-corrected chi connectivity index (χ4v) is 1.50. The average molecular weight is 222 g/mol. The van der Waals surface area contributed by atoms with Crippen molar-refractivity contribution in [3.05, 3.63) is 0 Å². The van der Waals surface area contributed by atoms with Gasteiger partial charge in [0.2, 0.25) is 5.91 Å². The number of sulfone groups is 1. The van der Waals surface area contributed by atoms with Gasteiger partial charge < -0.3 is 11.1 Å². The highest BCUT2D eigenvalue weighted by molar-refractivity contribution is 7.90. The summed E-state index contributed by atoms with van der Waals surface area (Å²) >= 11 is 0. The Balaban J connectivity index is 3.61. The number of carbonyl (C=O) groups excluding carboxylic acids is 1. The van der Waals surface area contributed by atoms with Crippen LogP contribution >= 0.6 is 0 Å². The third-order valence-corrected chi connectivity index (χ3v) is 2.82. The van der Waals surface area contributed by atoms with Crippen molar-refractivity contribution in [2.45, 2.75) is 13.3 Å². The minimum atomic E-state index is -2.92. The number of amides is 1. The van der Waals surface area contributed by atoms with Crippen LogP contribution in [0.4, 0.5) is 0 Å². The Morgan fingerprint density at radius 3 is 2.50 bits per heavy atom. The summed E-state index contributed by atoms with van der Waals surface area (Å²) in [6.07, 6.45) is 1.62. The molecule has 0 heterocycles. The van der Waals surface area contributed by atoms with Crippen molar-refractivity contribution in [1.82, 2.24) is 5.32 Å². The first kappa shape index (κ1) is 13.4. The van der Waals surface area contributed by atoms with Crippen molar-refractivity contribution in [3.63, 3.8) is 0 Å². The smallest absolute Gasteiger partial charge is 0.224 e. The predicted octanol–water partition coefficient (Wildman–Crippen LogP) is -0.868. The van der Waals surface area contributed by atoms with Crippen molar-refractivity contribution < 1.29 is 13.2 Å². The SMILES string of the molecule is CC(CN)C(=O)NCCCS(C)(=O)=O. The summed E-state index contributed by atoms with van der Waals surface area (Å²) in [4.78, 5) is 11.2. The van der Waals surface area contributed by atoms with E-state index in [1.165, 1.54) is 6.26 Å². The van der Waals surface area contributed by atoms with Gasteiger partial charge in [0.05, 0.1) is 5.75 Å². The highest BCUT2D eigenvalue weighted by atomic mass is 32.2. The van der Waals surface area contributed by atoms with Crippen LogP contribution in [-0.4, -0.2) is 39.4 Å². The molecule has 0 aliphatic heterocycles. The van der Waals surface area contributed by atoms with Crippen LogP contribution in [0.25, 0.3) is 0 Å². The lowest BCUT2D eigenvalue weighted by Crippen LogP contribution is -2.34. The van der Waals surface area contributed by atoms with Crippen LogP contribution in [0.5, 0.6) is 0 Å². The molecule has 0 bridgehead atoms. The molecule has 1 amide bonds. The predicted molar refractivity (Wildman–Crippen MR) is 55.6 cm³/mol. The third-order valence-electron chi connectivity index (χ3n) is 1.79. The zero-order valence-corrected chi connectivity index (χ0v) is 9.43. The number of nitrogens with one attached hydrogen (secondary N) is 1. The molecule has 0 aliphatic rings. The van der Waals surface area contributed by atoms with Gasteiger partial charge >= 0.3 is 0 Å². The standard InChI is InChI=1S/C8H18N2O3S/c1-7(6-9)8(11)10-4-3-5-14(2,12)13/h7H,3-6,9H2,1-2H3,(H,10,11). The Hall–Kier alpha value is -0.620. The summed E-state index contributed by atoms with van der Waals surface area (Å²) in [5, 5.41) is 2.62. The number of hydrogen-bond donors (Lipinski definition) is 2. The average Bonchev–Trinajstić information content (AvgIpc) is 2.09. The van der Waals surface area contributed by atoms with Gasteiger partial charge in [-0.1, -0.05) is 6.92 Å². The second kappa shape index (κ2) is 5.98. The Morgan fingerprint density at radius 2 is 2.07 bits per heavy atom. The summed E-state index contributed by atoms with van der Waals surface area (Å²) in [6.45, 7) is 2.42. The molecule has 0 aromatic rings. The highest BCUT2D eigenvalue weighted by Gasteiger charge is 2.09. The van der Waals surface area contributed by atoms with Crippen molar-refractivity contribution >= 4 is 15.7 Å². The van der Waals surface area contributed by atoms with E-state index in [0.717, 1.165) is 0 Å². The summed E-state index contributed by atoms with van der Waals surface area (Å²) in [5.41, 5.74) is 5.29. The molecule has 6 heteroatoms. The number of rotatable bonds is 6. The molecule has 0 saturated carbocycles. The molecule has 0 saturated heterocycles. The lowest BCUT2D eigenvalue weighted by Gasteiger charge is -2.08. The molecule has 1 atom stereocenters. The first-order chi connectivity index (χ1) is 6.37. The van der Waals surface area contributed by atoms with E-state index in [1.807, 2.05) is 0 Å². The van der Waals surface area contributed by atoms with Gasteiger partial charge in [-0.2, -0.15) is 0 Å². The zero-order chi connectivity index (χ0) is 11.2. The molecular formula is C8H18N2O3S. The normalized spacial score (nSPS) is 13.6. The van der Waals surface area contributed by atoms with Crippen LogP contribution in [0.3, 0.4) is 0 Å². The van der Waals surface area contributed by atoms with Gasteiger partial charge in [-0.05, 0) is 6.42 Å². The minimum Gasteiger partial charge on any atom is -0.356 e. The molecule has 0 rings (SSSR count). The fraction of sp³-hybridized carbons (Fsp3) is 0.875. The maximum absolute atomic E-state index is 11.2. The first-order valence-electron chi connectivity index (χ1n) is 4.52. The molecule has 1 unspecified atom stereocenters. The van der Waals surface area contributed by atoms with Crippen LogP contribution in [0, 0.1) is 5.92 Å². The summed E-state index contributed by atoms with van der Waals surface area (Å²) in [7, 11) is -2.92. The van der Waals surface area contributed by atoms with Crippen LogP contribution in [0.2, 0.25) is 0 Å². The maximum atomic E-state index is 11.2. The molecule has 0 aliphatic carbocycles. The largest absolute Gasteiger partial charge is 0.356 e. The Bertz CT molecular complexity index is 274. The molecule has 0 radical (unpaired) electrons. The van der Waals surface area contributed by atoms with E-state index in [0.29, 0.717) is 19.5 Å². The second-order valence-electron chi connectivity index (χ2n) is 3.41. The highest BCUT2D eigenvalue weighted by Crippen LogP contribution is 1.91. The molecule has 0 aromatic carbocycles. The van der Waals surface area contributed by atoms with Gasteiger partial charge in [-0.3, -0.25) is 4.79 Å². The summed E-state index contributed by atoms with van der Waals surface area (Å²) in [6, 6.07) is 0. The molecular weight excluding hydrogens is 204 g/mol. The molecule has 5 nitrogen and oxygen atoms in total. The summed E-state index contributed by atoms with van der Waals surface area (Å²) in [5.74, 6) is -0.237. The van der Waals surface area contributed by atoms with Crippen molar-refractivity contribution in [2.24, 2.45) is 11.7 Å². The molecule has 0 aromatic heterocycles. The van der Waals surface area contributed by atoms with E-state index < -0.39 is 9.84 Å². The van der Waals surface area contributed by atoms with E-state index in [9.17, 15) is 13.2 Å². The van der Waals surface area contributed by atoms with Gasteiger partial charge in [0.1, 0.15) is 9.84 Å². The van der Waals surface area contributed by atoms with E-state index >= 15 is 0 Å². The lowest BCUT2D eigenvalue weighted by molar-refractivity contribution is -0.124. The van der Waals surface area contributed by atoms with E-state index in [2.05, 4.69) is 5.32 Å². The zero-order valence-electron chi connectivity index (χ0n) is 8.62. The lowest BCUT2D eigenvalue weighted by atomic mass is 10.2. The molecule has 84 valence electrons. The third kappa shape index (κ3) is 6.85. The van der Waals surface area contributed by atoms with Crippen LogP contribution in [0.1, 0.15) is 13.3 Å². The van der Waals surface area contributed by atoms with Gasteiger partial charge in [0, 0.05) is 25.3 Å². The van der Waals surface area contributed by atoms with E-state index in [-0.39, 0.29) is 17.6 Å². The van der Waals surface area contributed by atoms with Gasteiger partial charge in [0.25, 0.3) is 0 Å². The molecule has 14 heavy (non-hydrogen) atoms. The van der Waals surface area contributed by atoms with E-state index in [4.69, 9.17) is 5.73 Å². The first-order valence-corrected chi connectivity index (χ1v) is 6.58. The fourth-order valence-electron chi connectivity index (χ4n) is 0.827. The van der Waals surface area contributed by atoms with Crippen LogP contribution in [-0.2, 0) is 14.6 Å². The monoisotopic (exact) mass is 222 g/mol. The number of carbonyl (C=O) groups is 1. The topological polar surface area (TPSA) is 89.3 Å². The van der Waals surface area contributed by atoms with E-state index in [1.54, 1.807) is 6.92 Å². The Labute approximate surface area is 85.0 Å². The Kier molecular flexibility index (Phi) is 5.71. The summed E-state index contributed by atoms with van der Waals surface area (Å²) < 4.78 is 21.5. The Morgan fingerprint density at radius 1 is 1.50 bits per heavy atom. The van der Waals surface area contributed by atoms with Crippen LogP contribution < -0.4 is 11.1 Å². The number of hydrogen-bond acceptors (Lipinski definition) is 4. The van der Waals surface area contributed by atoms with Gasteiger partial charge in [-0.15, -0.1) is 0 Å². The number of nitrogens with two attached hydrogens (primary N) is 1. The molecule has 3 N–H and O–H groups in total. The molecule has 0 spiro atoms. The molecule has 0 fully saturated rings. The van der Waals surface area contributed by atoms with Gasteiger partial charge in [0.15, 0.2) is 0 Å².